The lowest BCUT2D eigenvalue weighted by Gasteiger charge is -2.32. The van der Waals surface area contributed by atoms with Crippen LogP contribution in [0.5, 0.6) is 5.75 Å². The normalized spacial score (nSPS) is 19.6. The van der Waals surface area contributed by atoms with Crippen LogP contribution in [0.4, 0.5) is 5.69 Å². The van der Waals surface area contributed by atoms with Crippen molar-refractivity contribution in [2.24, 2.45) is 5.92 Å². The summed E-state index contributed by atoms with van der Waals surface area (Å²) in [5.74, 6) is 1.11. The van der Waals surface area contributed by atoms with Gasteiger partial charge in [-0.1, -0.05) is 0 Å². The maximum atomic E-state index is 12.2. The van der Waals surface area contributed by atoms with Crippen LogP contribution < -0.4 is 15.4 Å². The lowest BCUT2D eigenvalue weighted by Crippen LogP contribution is -2.45. The Bertz CT molecular complexity index is 541. The molecule has 2 heterocycles. The highest BCUT2D eigenvalue weighted by Crippen LogP contribution is 2.19. The highest BCUT2D eigenvalue weighted by atomic mass is 35.5. The average molecular weight is 383 g/mol. The molecule has 2 N–H and O–H groups in total. The van der Waals surface area contributed by atoms with Crippen LogP contribution in [0.3, 0.4) is 0 Å². The first-order valence-electron chi connectivity index (χ1n) is 9.36. The molecule has 146 valence electrons. The van der Waals surface area contributed by atoms with Crippen LogP contribution >= 0.6 is 12.4 Å². The number of nitrogens with one attached hydrogen (secondary N) is 2. The largest absolute Gasteiger partial charge is 0.492 e. The Morgan fingerprint density at radius 1 is 1.15 bits per heavy atom. The van der Waals surface area contributed by atoms with Crippen LogP contribution in [0.25, 0.3) is 0 Å². The van der Waals surface area contributed by atoms with Gasteiger partial charge in [-0.3, -0.25) is 9.69 Å². The minimum Gasteiger partial charge on any atom is -0.492 e. The molecule has 3 rings (SSSR count). The van der Waals surface area contributed by atoms with E-state index in [4.69, 9.17) is 4.74 Å². The molecule has 6 nitrogen and oxygen atoms in total. The second-order valence-corrected chi connectivity index (χ2v) is 7.03. The topological polar surface area (TPSA) is 56.8 Å². The number of hydrogen-bond donors (Lipinski definition) is 2. The Labute approximate surface area is 162 Å². The molecule has 26 heavy (non-hydrogen) atoms. The summed E-state index contributed by atoms with van der Waals surface area (Å²) in [6.07, 6.45) is 1.83. The Hall–Kier alpha value is -1.34. The number of ether oxygens (including phenoxy) is 1. The number of piperidine rings is 1. The zero-order valence-corrected chi connectivity index (χ0v) is 16.4. The van der Waals surface area contributed by atoms with Gasteiger partial charge in [-0.25, -0.2) is 0 Å². The molecule has 2 aliphatic heterocycles. The van der Waals surface area contributed by atoms with Crippen LogP contribution in [0.2, 0.25) is 0 Å². The smallest absolute Gasteiger partial charge is 0.227 e. The van der Waals surface area contributed by atoms with Crippen molar-refractivity contribution in [3.05, 3.63) is 24.3 Å². The summed E-state index contributed by atoms with van der Waals surface area (Å²) in [6.45, 7) is 8.00. The maximum Gasteiger partial charge on any atom is 0.227 e. The minimum atomic E-state index is 0. The fraction of sp³-hybridized carbons (Fsp3) is 0.632. The van der Waals surface area contributed by atoms with Crippen LogP contribution in [-0.4, -0.2) is 75.2 Å². The zero-order valence-electron chi connectivity index (χ0n) is 15.6. The monoisotopic (exact) mass is 382 g/mol. The van der Waals surface area contributed by atoms with Gasteiger partial charge in [0.05, 0.1) is 0 Å². The first kappa shape index (κ1) is 21.0. The maximum absolute atomic E-state index is 12.2. The van der Waals surface area contributed by atoms with Crippen LogP contribution in [-0.2, 0) is 4.79 Å². The van der Waals surface area contributed by atoms with E-state index in [0.717, 1.165) is 70.1 Å². The zero-order chi connectivity index (χ0) is 17.5. The lowest BCUT2D eigenvalue weighted by atomic mass is 9.97. The number of hydrogen-bond acceptors (Lipinski definition) is 5. The summed E-state index contributed by atoms with van der Waals surface area (Å²) in [5, 5.41) is 6.30. The number of piperazine rings is 1. The first-order chi connectivity index (χ1) is 12.2. The minimum absolute atomic E-state index is 0. The van der Waals surface area contributed by atoms with E-state index < -0.39 is 0 Å². The molecule has 1 aromatic carbocycles. The lowest BCUT2D eigenvalue weighted by molar-refractivity contribution is -0.120. The van der Waals surface area contributed by atoms with E-state index >= 15 is 0 Å². The first-order valence-corrected chi connectivity index (χ1v) is 9.36. The summed E-state index contributed by atoms with van der Waals surface area (Å²) in [5.41, 5.74) is 0.843. The molecule has 0 unspecified atom stereocenters. The van der Waals surface area contributed by atoms with Gasteiger partial charge in [-0.05, 0) is 57.2 Å². The van der Waals surface area contributed by atoms with Crippen molar-refractivity contribution in [2.75, 3.05) is 64.8 Å². The number of anilines is 1. The number of benzene rings is 1. The number of nitrogens with zero attached hydrogens (tertiary/aromatic N) is 2. The second kappa shape index (κ2) is 10.7. The fourth-order valence-corrected chi connectivity index (χ4v) is 3.33. The molecule has 0 spiro atoms. The van der Waals surface area contributed by atoms with E-state index in [0.29, 0.717) is 6.61 Å². The standard InChI is InChI=1S/C19H30N4O2.ClH/c1-22-10-12-23(13-11-22)14-15-25-18-4-2-17(3-5-18)21-19(24)16-6-8-20-9-7-16;/h2-5,16,20H,6-15H2,1H3,(H,21,24);1H. The molecule has 0 saturated carbocycles. The third kappa shape index (κ3) is 6.43. The quantitative estimate of drug-likeness (QED) is 0.783. The van der Waals surface area contributed by atoms with Crippen molar-refractivity contribution in [2.45, 2.75) is 12.8 Å². The molecule has 2 fully saturated rings. The van der Waals surface area contributed by atoms with Gasteiger partial charge in [0.15, 0.2) is 0 Å². The predicted octanol–water partition coefficient (Wildman–Crippen LogP) is 1.67. The summed E-state index contributed by atoms with van der Waals surface area (Å²) in [6, 6.07) is 7.71. The van der Waals surface area contributed by atoms with Crippen LogP contribution in [0, 0.1) is 5.92 Å². The molecule has 1 aromatic rings. The van der Waals surface area contributed by atoms with E-state index in [1.165, 1.54) is 0 Å². The van der Waals surface area contributed by atoms with Gasteiger partial charge in [0.1, 0.15) is 12.4 Å². The molecule has 2 saturated heterocycles. The average Bonchev–Trinajstić information content (AvgIpc) is 2.65. The summed E-state index contributed by atoms with van der Waals surface area (Å²) >= 11 is 0. The van der Waals surface area contributed by atoms with Gasteiger partial charge < -0.3 is 20.3 Å². The Morgan fingerprint density at radius 2 is 1.81 bits per heavy atom. The number of carbonyl (C=O) groups is 1. The summed E-state index contributed by atoms with van der Waals surface area (Å²) < 4.78 is 5.84. The highest BCUT2D eigenvalue weighted by Gasteiger charge is 2.20. The van der Waals surface area contributed by atoms with Gasteiger partial charge >= 0.3 is 0 Å². The fourth-order valence-electron chi connectivity index (χ4n) is 3.33. The van der Waals surface area contributed by atoms with Crippen LogP contribution in [0.15, 0.2) is 24.3 Å². The molecule has 0 bridgehead atoms. The Morgan fingerprint density at radius 3 is 2.46 bits per heavy atom. The molecule has 0 atom stereocenters. The highest BCUT2D eigenvalue weighted by molar-refractivity contribution is 5.92. The van der Waals surface area contributed by atoms with E-state index in [9.17, 15) is 4.79 Å². The molecule has 0 aromatic heterocycles. The van der Waals surface area contributed by atoms with Crippen molar-refractivity contribution in [3.63, 3.8) is 0 Å². The molecule has 2 aliphatic rings. The summed E-state index contributed by atoms with van der Waals surface area (Å²) in [4.78, 5) is 17.0. The van der Waals surface area contributed by atoms with Crippen molar-refractivity contribution in [3.8, 4) is 5.75 Å². The third-order valence-electron chi connectivity index (χ3n) is 5.10. The third-order valence-corrected chi connectivity index (χ3v) is 5.10. The van der Waals surface area contributed by atoms with E-state index in [1.54, 1.807) is 0 Å². The Kier molecular flexibility index (Phi) is 8.65. The molecule has 0 radical (unpaired) electrons. The molecular formula is C19H31ClN4O2. The number of amides is 1. The van der Waals surface area contributed by atoms with E-state index in [2.05, 4.69) is 27.5 Å². The van der Waals surface area contributed by atoms with Crippen molar-refractivity contribution >= 4 is 24.0 Å². The van der Waals surface area contributed by atoms with Gasteiger partial charge in [-0.15, -0.1) is 12.4 Å². The molecular weight excluding hydrogens is 352 g/mol. The van der Waals surface area contributed by atoms with Gasteiger partial charge in [0.25, 0.3) is 0 Å². The van der Waals surface area contributed by atoms with Gasteiger partial charge in [-0.2, -0.15) is 0 Å². The van der Waals surface area contributed by atoms with Crippen molar-refractivity contribution in [1.29, 1.82) is 0 Å². The summed E-state index contributed by atoms with van der Waals surface area (Å²) in [7, 11) is 2.17. The molecule has 1 amide bonds. The number of halogens is 1. The molecule has 0 aliphatic carbocycles. The molecule has 7 heteroatoms. The van der Waals surface area contributed by atoms with Crippen molar-refractivity contribution < 1.29 is 9.53 Å². The number of likely N-dealkylation sites (N-methyl/N-ethyl adjacent to an activating group) is 1. The van der Waals surface area contributed by atoms with E-state index in [-0.39, 0.29) is 24.2 Å². The SMILES string of the molecule is CN1CCN(CCOc2ccc(NC(=O)C3CCNCC3)cc2)CC1.Cl. The van der Waals surface area contributed by atoms with Gasteiger partial charge in [0.2, 0.25) is 5.91 Å². The van der Waals surface area contributed by atoms with Crippen LogP contribution in [0.1, 0.15) is 12.8 Å². The van der Waals surface area contributed by atoms with Crippen molar-refractivity contribution in [1.82, 2.24) is 15.1 Å². The second-order valence-electron chi connectivity index (χ2n) is 7.03. The predicted molar refractivity (Wildman–Crippen MR) is 107 cm³/mol. The van der Waals surface area contributed by atoms with E-state index in [1.807, 2.05) is 24.3 Å². The number of carbonyl (C=O) groups excluding carboxylic acids is 1. The van der Waals surface area contributed by atoms with Gasteiger partial charge in [0, 0.05) is 44.3 Å². The number of rotatable bonds is 6. The Balaban J connectivity index is 0.00000243.